The van der Waals surface area contributed by atoms with Crippen LogP contribution in [0.5, 0.6) is 0 Å². The zero-order chi connectivity index (χ0) is 21.4. The van der Waals surface area contributed by atoms with Gasteiger partial charge < -0.3 is 5.32 Å². The summed E-state index contributed by atoms with van der Waals surface area (Å²) < 4.78 is 25.5. The Kier molecular flexibility index (Phi) is 6.27. The lowest BCUT2D eigenvalue weighted by atomic mass is 9.91. The molecule has 160 valence electrons. The van der Waals surface area contributed by atoms with Crippen molar-refractivity contribution < 1.29 is 18.0 Å². The Morgan fingerprint density at radius 1 is 1.24 bits per heavy atom. The Labute approximate surface area is 177 Å². The number of amides is 2. The van der Waals surface area contributed by atoms with Gasteiger partial charge in [0.05, 0.1) is 12.8 Å². The molecule has 0 radical (unpaired) electrons. The molecular formula is C20H28ClN3O4S. The summed E-state index contributed by atoms with van der Waals surface area (Å²) in [4.78, 5) is 28.0. The van der Waals surface area contributed by atoms with E-state index < -0.39 is 21.5 Å². The number of rotatable bonds is 4. The van der Waals surface area contributed by atoms with E-state index in [0.717, 1.165) is 48.2 Å². The van der Waals surface area contributed by atoms with Crippen LogP contribution in [0.2, 0.25) is 5.02 Å². The van der Waals surface area contributed by atoms with Crippen LogP contribution < -0.4 is 10.2 Å². The van der Waals surface area contributed by atoms with Gasteiger partial charge in [0.2, 0.25) is 21.8 Å². The van der Waals surface area contributed by atoms with Crippen LogP contribution in [-0.2, 0) is 19.6 Å². The Morgan fingerprint density at radius 3 is 2.52 bits per heavy atom. The van der Waals surface area contributed by atoms with Crippen molar-refractivity contribution in [2.24, 2.45) is 0 Å². The fraction of sp³-hybridized carbons (Fsp3) is 0.600. The van der Waals surface area contributed by atoms with Crippen molar-refractivity contribution in [1.82, 2.24) is 9.62 Å². The topological polar surface area (TPSA) is 86.8 Å². The van der Waals surface area contributed by atoms with Crippen molar-refractivity contribution in [1.29, 1.82) is 0 Å². The Balaban J connectivity index is 2.02. The van der Waals surface area contributed by atoms with Gasteiger partial charge in [-0.1, -0.05) is 36.9 Å². The molecule has 1 saturated heterocycles. The lowest BCUT2D eigenvalue weighted by molar-refractivity contribution is -0.133. The summed E-state index contributed by atoms with van der Waals surface area (Å²) in [6.07, 6.45) is 6.09. The summed E-state index contributed by atoms with van der Waals surface area (Å²) >= 11 is 6.17. The normalized spacial score (nSPS) is 24.6. The summed E-state index contributed by atoms with van der Waals surface area (Å²) in [5.74, 6) is -0.793. The molecule has 1 saturated carbocycles. The number of hydrogen-bond donors (Lipinski definition) is 1. The lowest BCUT2D eigenvalue weighted by Gasteiger charge is -2.47. The molecule has 0 aromatic heterocycles. The first kappa shape index (κ1) is 22.1. The third-order valence-electron chi connectivity index (χ3n) is 5.85. The molecule has 0 spiro atoms. The predicted molar refractivity (Wildman–Crippen MR) is 114 cm³/mol. The SMILES string of the molecule is Cc1ccc(Cl)cc1N1C(=O)CN(S(C)(=O)=O)C[C@]1(C)C(=O)NC1CCCCC1. The van der Waals surface area contributed by atoms with Crippen LogP contribution in [0.1, 0.15) is 44.6 Å². The molecular weight excluding hydrogens is 414 g/mol. The van der Waals surface area contributed by atoms with Gasteiger partial charge in [-0.2, -0.15) is 4.31 Å². The molecule has 1 aliphatic carbocycles. The number of carbonyl (C=O) groups is 2. The van der Waals surface area contributed by atoms with Gasteiger partial charge in [-0.15, -0.1) is 0 Å². The van der Waals surface area contributed by atoms with Crippen molar-refractivity contribution in [3.63, 3.8) is 0 Å². The first-order chi connectivity index (χ1) is 13.5. The number of anilines is 1. The number of aryl methyl sites for hydroxylation is 1. The third-order valence-corrected chi connectivity index (χ3v) is 7.28. The van der Waals surface area contributed by atoms with Gasteiger partial charge in [-0.05, 0) is 44.4 Å². The molecule has 0 bridgehead atoms. The molecule has 7 nitrogen and oxygen atoms in total. The van der Waals surface area contributed by atoms with Crippen molar-refractivity contribution >= 4 is 39.1 Å². The Hall–Kier alpha value is -1.64. The zero-order valence-electron chi connectivity index (χ0n) is 17.1. The predicted octanol–water partition coefficient (Wildman–Crippen LogP) is 2.46. The minimum absolute atomic E-state index is 0.0408. The van der Waals surface area contributed by atoms with E-state index in [0.29, 0.717) is 10.7 Å². The highest BCUT2D eigenvalue weighted by Gasteiger charge is 2.51. The number of piperazine rings is 1. The maximum absolute atomic E-state index is 13.4. The molecule has 2 fully saturated rings. The van der Waals surface area contributed by atoms with Crippen LogP contribution in [0.25, 0.3) is 0 Å². The van der Waals surface area contributed by atoms with Gasteiger partial charge in [0.25, 0.3) is 0 Å². The van der Waals surface area contributed by atoms with Crippen LogP contribution in [0, 0.1) is 6.92 Å². The number of sulfonamides is 1. The van der Waals surface area contributed by atoms with E-state index >= 15 is 0 Å². The quantitative estimate of drug-likeness (QED) is 0.777. The molecule has 1 heterocycles. The van der Waals surface area contributed by atoms with Crippen LogP contribution >= 0.6 is 11.6 Å². The third kappa shape index (κ3) is 4.59. The standard InChI is InChI=1S/C20H28ClN3O4S/c1-14-9-10-15(21)11-17(14)24-18(25)12-23(29(3,27)28)13-20(24,2)19(26)22-16-7-5-4-6-8-16/h9-11,16H,4-8,12-13H2,1-3H3,(H,22,26)/t20-/m1/s1. The lowest BCUT2D eigenvalue weighted by Crippen LogP contribution is -2.70. The molecule has 2 aliphatic rings. The second-order valence-electron chi connectivity index (χ2n) is 8.27. The largest absolute Gasteiger partial charge is 0.351 e. The van der Waals surface area contributed by atoms with Crippen molar-refractivity contribution in [3.05, 3.63) is 28.8 Å². The van der Waals surface area contributed by atoms with Gasteiger partial charge in [-0.25, -0.2) is 8.42 Å². The average Bonchev–Trinajstić information content (AvgIpc) is 2.64. The molecule has 3 rings (SSSR count). The van der Waals surface area contributed by atoms with E-state index in [1.807, 2.05) is 6.92 Å². The summed E-state index contributed by atoms with van der Waals surface area (Å²) in [7, 11) is -3.64. The van der Waals surface area contributed by atoms with Crippen LogP contribution in [-0.4, -0.2) is 55.5 Å². The molecule has 9 heteroatoms. The molecule has 1 aliphatic heterocycles. The first-order valence-corrected chi connectivity index (χ1v) is 12.1. The maximum Gasteiger partial charge on any atom is 0.247 e. The van der Waals surface area contributed by atoms with Crippen LogP contribution in [0.4, 0.5) is 5.69 Å². The number of carbonyl (C=O) groups excluding carboxylic acids is 2. The van der Waals surface area contributed by atoms with Crippen molar-refractivity contribution in [2.75, 3.05) is 24.2 Å². The molecule has 1 atom stereocenters. The van der Waals surface area contributed by atoms with E-state index in [2.05, 4.69) is 5.32 Å². The monoisotopic (exact) mass is 441 g/mol. The minimum Gasteiger partial charge on any atom is -0.351 e. The number of nitrogens with zero attached hydrogens (tertiary/aromatic N) is 2. The fourth-order valence-corrected chi connectivity index (χ4v) is 5.18. The molecule has 0 unspecified atom stereocenters. The van der Waals surface area contributed by atoms with Gasteiger partial charge in [0.1, 0.15) is 5.54 Å². The van der Waals surface area contributed by atoms with Crippen molar-refractivity contribution in [2.45, 2.75) is 57.5 Å². The summed E-state index contributed by atoms with van der Waals surface area (Å²) in [6, 6.07) is 5.20. The van der Waals surface area contributed by atoms with E-state index in [4.69, 9.17) is 11.6 Å². The van der Waals surface area contributed by atoms with Gasteiger partial charge in [0, 0.05) is 23.3 Å². The number of benzene rings is 1. The van der Waals surface area contributed by atoms with E-state index in [1.165, 1.54) is 4.90 Å². The smallest absolute Gasteiger partial charge is 0.247 e. The second-order valence-corrected chi connectivity index (χ2v) is 10.7. The van der Waals surface area contributed by atoms with Gasteiger partial charge >= 0.3 is 0 Å². The Bertz CT molecular complexity index is 914. The van der Waals surface area contributed by atoms with E-state index in [1.54, 1.807) is 25.1 Å². The van der Waals surface area contributed by atoms with Crippen molar-refractivity contribution in [3.8, 4) is 0 Å². The highest BCUT2D eigenvalue weighted by Crippen LogP contribution is 2.34. The Morgan fingerprint density at radius 2 is 1.90 bits per heavy atom. The maximum atomic E-state index is 13.4. The molecule has 2 amide bonds. The highest BCUT2D eigenvalue weighted by atomic mass is 35.5. The molecule has 29 heavy (non-hydrogen) atoms. The average molecular weight is 442 g/mol. The van der Waals surface area contributed by atoms with E-state index in [9.17, 15) is 18.0 Å². The zero-order valence-corrected chi connectivity index (χ0v) is 18.6. The number of nitrogens with one attached hydrogen (secondary N) is 1. The van der Waals surface area contributed by atoms with Gasteiger partial charge in [0.15, 0.2) is 0 Å². The molecule has 1 aromatic rings. The number of halogens is 1. The van der Waals surface area contributed by atoms with Crippen LogP contribution in [0.3, 0.4) is 0 Å². The number of hydrogen-bond acceptors (Lipinski definition) is 4. The summed E-state index contributed by atoms with van der Waals surface area (Å²) in [6.45, 7) is 3.04. The molecule has 1 N–H and O–H groups in total. The summed E-state index contributed by atoms with van der Waals surface area (Å²) in [5.41, 5.74) is -0.0742. The van der Waals surface area contributed by atoms with Gasteiger partial charge in [-0.3, -0.25) is 14.5 Å². The second kappa shape index (κ2) is 8.24. The summed E-state index contributed by atoms with van der Waals surface area (Å²) in [5, 5.41) is 3.51. The van der Waals surface area contributed by atoms with Crippen LogP contribution in [0.15, 0.2) is 18.2 Å². The fourth-order valence-electron chi connectivity index (χ4n) is 4.19. The minimum atomic E-state index is -3.64. The highest BCUT2D eigenvalue weighted by molar-refractivity contribution is 7.88. The van der Waals surface area contributed by atoms with E-state index in [-0.39, 0.29) is 25.0 Å². The molecule has 1 aromatic carbocycles. The first-order valence-electron chi connectivity index (χ1n) is 9.87.